The van der Waals surface area contributed by atoms with Gasteiger partial charge in [0, 0.05) is 29.8 Å². The molecule has 1 aliphatic heterocycles. The molecule has 0 radical (unpaired) electrons. The van der Waals surface area contributed by atoms with E-state index in [0.717, 1.165) is 12.8 Å². The van der Waals surface area contributed by atoms with Gasteiger partial charge in [-0.3, -0.25) is 14.8 Å². The number of ether oxygens (including phenoxy) is 3. The third-order valence-electron chi connectivity index (χ3n) is 4.33. The minimum atomic E-state index is -0.641. The highest BCUT2D eigenvalue weighted by atomic mass is 35.5. The molecule has 10 heteroatoms. The van der Waals surface area contributed by atoms with Crippen LogP contribution in [0.25, 0.3) is 0 Å². The summed E-state index contributed by atoms with van der Waals surface area (Å²) in [6, 6.07) is 2.72. The number of carbonyl (C=O) groups is 1. The molecule has 0 fully saturated rings. The molecule has 0 saturated carbocycles. The highest BCUT2D eigenvalue weighted by Crippen LogP contribution is 2.33. The van der Waals surface area contributed by atoms with E-state index in [2.05, 4.69) is 5.10 Å². The van der Waals surface area contributed by atoms with Gasteiger partial charge in [-0.15, -0.1) is 0 Å². The van der Waals surface area contributed by atoms with Crippen molar-refractivity contribution in [2.24, 2.45) is 0 Å². The predicted octanol–water partition coefficient (Wildman–Crippen LogP) is 3.78. The second-order valence-corrected chi connectivity index (χ2v) is 6.72. The zero-order valence-electron chi connectivity index (χ0n) is 15.6. The number of nitrogens with zero attached hydrogens (tertiary/aromatic N) is 3. The minimum absolute atomic E-state index is 0.0287. The Bertz CT molecular complexity index is 911. The third kappa shape index (κ3) is 4.10. The predicted molar refractivity (Wildman–Crippen MR) is 99.4 cm³/mol. The van der Waals surface area contributed by atoms with Gasteiger partial charge >= 0.3 is 5.97 Å². The molecule has 0 unspecified atom stereocenters. The van der Waals surface area contributed by atoms with E-state index in [9.17, 15) is 14.9 Å². The van der Waals surface area contributed by atoms with Crippen LogP contribution in [0.3, 0.4) is 0 Å². The second-order valence-electron chi connectivity index (χ2n) is 6.36. The fourth-order valence-corrected chi connectivity index (χ4v) is 3.29. The Morgan fingerprint density at radius 3 is 2.96 bits per heavy atom. The number of halogens is 1. The molecular weight excluding hydrogens is 390 g/mol. The number of rotatable bonds is 7. The molecule has 1 aromatic heterocycles. The van der Waals surface area contributed by atoms with E-state index in [0.29, 0.717) is 29.1 Å². The summed E-state index contributed by atoms with van der Waals surface area (Å²) in [7, 11) is 0. The number of hydrogen-bond acceptors (Lipinski definition) is 7. The molecule has 0 amide bonds. The van der Waals surface area contributed by atoms with Gasteiger partial charge in [-0.1, -0.05) is 24.9 Å². The van der Waals surface area contributed by atoms with Crippen molar-refractivity contribution >= 4 is 23.3 Å². The summed E-state index contributed by atoms with van der Waals surface area (Å²) in [6.45, 7) is 4.36. The molecule has 28 heavy (non-hydrogen) atoms. The monoisotopic (exact) mass is 409 g/mol. The number of esters is 1. The Balaban J connectivity index is 1.81. The average Bonchev–Trinajstić information content (AvgIpc) is 2.97. The highest BCUT2D eigenvalue weighted by Gasteiger charge is 2.25. The van der Waals surface area contributed by atoms with Crippen LogP contribution in [0.1, 0.15) is 46.9 Å². The molecule has 0 aliphatic carbocycles. The van der Waals surface area contributed by atoms with E-state index in [1.165, 1.54) is 12.1 Å². The van der Waals surface area contributed by atoms with Crippen LogP contribution in [0.15, 0.2) is 12.1 Å². The maximum absolute atomic E-state index is 12.6. The fraction of sp³-hybridized carbons (Fsp3) is 0.444. The standard InChI is InChI=1S/C18H20ClN3O6/c1-3-4-5-21-17(19)15(11(2)20-21)18(23)27-9-13-7-14(22(24)25)6-12-8-26-10-28-16(12)13/h6-7H,3-5,8-10H2,1-2H3. The topological polar surface area (TPSA) is 106 Å². The lowest BCUT2D eigenvalue weighted by molar-refractivity contribution is -0.385. The van der Waals surface area contributed by atoms with Gasteiger partial charge in [0.25, 0.3) is 5.69 Å². The molecule has 0 atom stereocenters. The molecule has 2 aromatic rings. The molecule has 0 bridgehead atoms. The minimum Gasteiger partial charge on any atom is -0.467 e. The lowest BCUT2D eigenvalue weighted by atomic mass is 10.1. The van der Waals surface area contributed by atoms with Crippen molar-refractivity contribution in [1.82, 2.24) is 9.78 Å². The van der Waals surface area contributed by atoms with Crippen molar-refractivity contribution in [2.75, 3.05) is 6.79 Å². The number of fused-ring (bicyclic) bond motifs is 1. The Kier molecular flexibility index (Phi) is 6.15. The van der Waals surface area contributed by atoms with Crippen molar-refractivity contribution in [1.29, 1.82) is 0 Å². The van der Waals surface area contributed by atoms with E-state index in [4.69, 9.17) is 25.8 Å². The van der Waals surface area contributed by atoms with Crippen molar-refractivity contribution in [3.05, 3.63) is 49.8 Å². The van der Waals surface area contributed by atoms with Crippen LogP contribution in [-0.4, -0.2) is 27.5 Å². The maximum Gasteiger partial charge on any atom is 0.343 e. The number of carbonyl (C=O) groups excluding carboxylic acids is 1. The Hall–Kier alpha value is -2.65. The van der Waals surface area contributed by atoms with Gasteiger partial charge in [-0.25, -0.2) is 4.79 Å². The van der Waals surface area contributed by atoms with Gasteiger partial charge in [-0.05, 0) is 13.3 Å². The van der Waals surface area contributed by atoms with Crippen LogP contribution in [0.5, 0.6) is 5.75 Å². The van der Waals surface area contributed by atoms with Crippen molar-refractivity contribution in [3.8, 4) is 5.75 Å². The second kappa shape index (κ2) is 8.57. The summed E-state index contributed by atoms with van der Waals surface area (Å²) in [5, 5.41) is 15.7. The van der Waals surface area contributed by atoms with Crippen LogP contribution in [0.4, 0.5) is 5.69 Å². The molecule has 0 N–H and O–H groups in total. The largest absolute Gasteiger partial charge is 0.467 e. The van der Waals surface area contributed by atoms with Crippen molar-refractivity contribution in [2.45, 2.75) is 46.4 Å². The van der Waals surface area contributed by atoms with E-state index in [-0.39, 0.29) is 36.4 Å². The quantitative estimate of drug-likeness (QED) is 0.389. The zero-order chi connectivity index (χ0) is 20.3. The SMILES string of the molecule is CCCCn1nc(C)c(C(=O)OCc2cc([N+](=O)[O-])cc3c2OCOC3)c1Cl. The van der Waals surface area contributed by atoms with Crippen LogP contribution in [0.2, 0.25) is 5.15 Å². The summed E-state index contributed by atoms with van der Waals surface area (Å²) in [5.74, 6) is -0.205. The summed E-state index contributed by atoms with van der Waals surface area (Å²) in [5.41, 5.74) is 1.47. The van der Waals surface area contributed by atoms with Gasteiger partial charge < -0.3 is 14.2 Å². The summed E-state index contributed by atoms with van der Waals surface area (Å²) in [6.07, 6.45) is 1.85. The first-order chi connectivity index (χ1) is 13.4. The first kappa shape index (κ1) is 20.1. The summed E-state index contributed by atoms with van der Waals surface area (Å²) in [4.78, 5) is 23.2. The number of benzene rings is 1. The zero-order valence-corrected chi connectivity index (χ0v) is 16.3. The average molecular weight is 410 g/mol. The van der Waals surface area contributed by atoms with E-state index in [1.807, 2.05) is 6.92 Å². The Morgan fingerprint density at radius 1 is 1.46 bits per heavy atom. The summed E-state index contributed by atoms with van der Waals surface area (Å²) < 4.78 is 17.6. The first-order valence-electron chi connectivity index (χ1n) is 8.83. The van der Waals surface area contributed by atoms with E-state index >= 15 is 0 Å². The highest BCUT2D eigenvalue weighted by molar-refractivity contribution is 6.32. The molecule has 150 valence electrons. The van der Waals surface area contributed by atoms with Crippen LogP contribution >= 0.6 is 11.6 Å². The van der Waals surface area contributed by atoms with Gasteiger partial charge in [0.2, 0.25) is 0 Å². The van der Waals surface area contributed by atoms with E-state index in [1.54, 1.807) is 11.6 Å². The van der Waals surface area contributed by atoms with Crippen molar-refractivity contribution in [3.63, 3.8) is 0 Å². The van der Waals surface area contributed by atoms with E-state index < -0.39 is 10.9 Å². The number of unbranched alkanes of at least 4 members (excludes halogenated alkanes) is 1. The molecular formula is C18H20ClN3O6. The normalized spacial score (nSPS) is 13.0. The number of non-ortho nitro benzene ring substituents is 1. The van der Waals surface area contributed by atoms with Gasteiger partial charge in [-0.2, -0.15) is 5.10 Å². The maximum atomic E-state index is 12.6. The van der Waals surface area contributed by atoms with Gasteiger partial charge in [0.05, 0.1) is 17.2 Å². The summed E-state index contributed by atoms with van der Waals surface area (Å²) >= 11 is 6.29. The lowest BCUT2D eigenvalue weighted by Crippen LogP contribution is -2.15. The molecule has 1 aliphatic rings. The molecule has 0 saturated heterocycles. The van der Waals surface area contributed by atoms with Gasteiger partial charge in [0.15, 0.2) is 6.79 Å². The molecule has 3 rings (SSSR count). The molecule has 9 nitrogen and oxygen atoms in total. The molecule has 2 heterocycles. The van der Waals surface area contributed by atoms with Crippen LogP contribution in [0, 0.1) is 17.0 Å². The van der Waals surface area contributed by atoms with Gasteiger partial charge in [0.1, 0.15) is 23.1 Å². The fourth-order valence-electron chi connectivity index (χ4n) is 2.95. The number of nitro groups is 1. The Labute approximate surface area is 166 Å². The molecule has 1 aromatic carbocycles. The van der Waals surface area contributed by atoms with Crippen LogP contribution in [-0.2, 0) is 29.2 Å². The lowest BCUT2D eigenvalue weighted by Gasteiger charge is -2.20. The number of hydrogen-bond donors (Lipinski definition) is 0. The first-order valence-corrected chi connectivity index (χ1v) is 9.21. The van der Waals surface area contributed by atoms with Crippen LogP contribution < -0.4 is 4.74 Å². The van der Waals surface area contributed by atoms with Crippen molar-refractivity contribution < 1.29 is 23.9 Å². The third-order valence-corrected chi connectivity index (χ3v) is 4.72. The smallest absolute Gasteiger partial charge is 0.343 e. The molecule has 0 spiro atoms. The Morgan fingerprint density at radius 2 is 2.25 bits per heavy atom. The number of aryl methyl sites for hydroxylation is 2. The number of aromatic nitrogens is 2. The number of nitro benzene ring substituents is 1.